The van der Waals surface area contributed by atoms with Gasteiger partial charge in [-0.2, -0.15) is 0 Å². The van der Waals surface area contributed by atoms with Crippen LogP contribution in [0.15, 0.2) is 24.3 Å². The SMILES string of the molecule is [C-]#[N+]c1ccc(N2CCN(CC(=O)OCC)CC2=O)cc1. The van der Waals surface area contributed by atoms with Gasteiger partial charge < -0.3 is 9.64 Å². The fourth-order valence-corrected chi connectivity index (χ4v) is 2.23. The molecule has 1 aromatic carbocycles. The molecule has 0 aromatic heterocycles. The van der Waals surface area contributed by atoms with Crippen molar-refractivity contribution in [3.05, 3.63) is 35.7 Å². The molecule has 1 aliphatic rings. The van der Waals surface area contributed by atoms with Gasteiger partial charge in [-0.1, -0.05) is 12.1 Å². The van der Waals surface area contributed by atoms with Crippen molar-refractivity contribution in [1.82, 2.24) is 4.90 Å². The van der Waals surface area contributed by atoms with Crippen LogP contribution < -0.4 is 4.90 Å². The summed E-state index contributed by atoms with van der Waals surface area (Å²) in [5.41, 5.74) is 1.33. The van der Waals surface area contributed by atoms with E-state index in [1.54, 1.807) is 41.0 Å². The third-order valence-corrected chi connectivity index (χ3v) is 3.25. The van der Waals surface area contributed by atoms with Gasteiger partial charge in [-0.15, -0.1) is 0 Å². The zero-order chi connectivity index (χ0) is 15.2. The first-order chi connectivity index (χ1) is 10.1. The van der Waals surface area contributed by atoms with Gasteiger partial charge in [-0.3, -0.25) is 14.5 Å². The number of carbonyl (C=O) groups excluding carboxylic acids is 2. The van der Waals surface area contributed by atoms with E-state index in [1.807, 2.05) is 0 Å². The quantitative estimate of drug-likeness (QED) is 0.621. The van der Waals surface area contributed by atoms with E-state index in [2.05, 4.69) is 4.85 Å². The topological polar surface area (TPSA) is 54.2 Å². The summed E-state index contributed by atoms with van der Waals surface area (Å²) in [5.74, 6) is -0.360. The lowest BCUT2D eigenvalue weighted by molar-refractivity contribution is -0.144. The van der Waals surface area contributed by atoms with Crippen molar-refractivity contribution in [1.29, 1.82) is 0 Å². The van der Waals surface area contributed by atoms with Crippen molar-refractivity contribution in [2.24, 2.45) is 0 Å². The average molecular weight is 287 g/mol. The molecular weight excluding hydrogens is 270 g/mol. The minimum absolute atomic E-state index is 0.0545. The minimum atomic E-state index is -0.305. The Hall–Kier alpha value is -2.39. The number of carbonyl (C=O) groups is 2. The zero-order valence-electron chi connectivity index (χ0n) is 11.9. The Bertz CT molecular complexity index is 563. The zero-order valence-corrected chi connectivity index (χ0v) is 11.9. The van der Waals surface area contributed by atoms with E-state index in [9.17, 15) is 9.59 Å². The maximum Gasteiger partial charge on any atom is 0.320 e. The average Bonchev–Trinajstić information content (AvgIpc) is 2.48. The van der Waals surface area contributed by atoms with Crippen molar-refractivity contribution in [2.45, 2.75) is 6.92 Å². The summed E-state index contributed by atoms with van der Waals surface area (Å²) in [6, 6.07) is 6.93. The number of piperazine rings is 1. The summed E-state index contributed by atoms with van der Waals surface area (Å²) >= 11 is 0. The molecule has 21 heavy (non-hydrogen) atoms. The molecule has 0 radical (unpaired) electrons. The molecular formula is C15H17N3O3. The third-order valence-electron chi connectivity index (χ3n) is 3.25. The van der Waals surface area contributed by atoms with Gasteiger partial charge in [0.25, 0.3) is 0 Å². The normalized spacial score (nSPS) is 15.6. The molecule has 0 unspecified atom stereocenters. The summed E-state index contributed by atoms with van der Waals surface area (Å²) in [6.45, 7) is 10.5. The van der Waals surface area contributed by atoms with Crippen LogP contribution in [0.3, 0.4) is 0 Å². The Kier molecular flexibility index (Phi) is 4.90. The lowest BCUT2D eigenvalue weighted by atomic mass is 10.2. The predicted molar refractivity (Wildman–Crippen MR) is 78.1 cm³/mol. The number of benzene rings is 1. The van der Waals surface area contributed by atoms with Gasteiger partial charge in [-0.05, 0) is 19.1 Å². The van der Waals surface area contributed by atoms with Crippen LogP contribution in [0, 0.1) is 6.57 Å². The molecule has 0 spiro atoms. The smallest absolute Gasteiger partial charge is 0.320 e. The first-order valence-corrected chi connectivity index (χ1v) is 6.80. The monoisotopic (exact) mass is 287 g/mol. The van der Waals surface area contributed by atoms with E-state index in [1.165, 1.54) is 0 Å². The van der Waals surface area contributed by atoms with Crippen LogP contribution in [0.25, 0.3) is 4.85 Å². The van der Waals surface area contributed by atoms with Gasteiger partial charge in [-0.25, -0.2) is 4.85 Å². The molecule has 0 atom stereocenters. The number of esters is 1. The standard InChI is InChI=1S/C15H17N3O3/c1-3-21-15(20)11-17-8-9-18(14(19)10-17)13-6-4-12(16-2)5-7-13/h4-7H,3,8-11H2,1H3. The molecule has 0 aliphatic carbocycles. The van der Waals surface area contributed by atoms with E-state index in [0.29, 0.717) is 25.4 Å². The molecule has 1 saturated heterocycles. The molecule has 110 valence electrons. The van der Waals surface area contributed by atoms with Crippen molar-refractivity contribution in [3.8, 4) is 0 Å². The second-order valence-corrected chi connectivity index (χ2v) is 4.69. The van der Waals surface area contributed by atoms with E-state index >= 15 is 0 Å². The van der Waals surface area contributed by atoms with Crippen molar-refractivity contribution >= 4 is 23.3 Å². The van der Waals surface area contributed by atoms with Crippen molar-refractivity contribution < 1.29 is 14.3 Å². The number of nitrogens with zero attached hydrogens (tertiary/aromatic N) is 3. The number of hydrogen-bond donors (Lipinski definition) is 0. The second-order valence-electron chi connectivity index (χ2n) is 4.69. The highest BCUT2D eigenvalue weighted by Gasteiger charge is 2.26. The molecule has 0 N–H and O–H groups in total. The van der Waals surface area contributed by atoms with Gasteiger partial charge in [0.05, 0.1) is 26.3 Å². The number of ether oxygens (including phenoxy) is 1. The molecule has 1 fully saturated rings. The fraction of sp³-hybridized carbons (Fsp3) is 0.400. The van der Waals surface area contributed by atoms with Gasteiger partial charge in [0.1, 0.15) is 0 Å². The Balaban J connectivity index is 1.96. The van der Waals surface area contributed by atoms with Gasteiger partial charge in [0, 0.05) is 18.8 Å². The summed E-state index contributed by atoms with van der Waals surface area (Å²) in [6.07, 6.45) is 0. The molecule has 1 aromatic rings. The van der Waals surface area contributed by atoms with Gasteiger partial charge in [0.2, 0.25) is 5.91 Å². The van der Waals surface area contributed by atoms with Crippen LogP contribution in [0.1, 0.15) is 6.92 Å². The predicted octanol–water partition coefficient (Wildman–Crippen LogP) is 1.45. The highest BCUT2D eigenvalue weighted by Crippen LogP contribution is 2.21. The minimum Gasteiger partial charge on any atom is -0.465 e. The van der Waals surface area contributed by atoms with Crippen LogP contribution in [-0.2, 0) is 14.3 Å². The summed E-state index contributed by atoms with van der Waals surface area (Å²) in [4.78, 5) is 30.4. The molecule has 1 aliphatic heterocycles. The van der Waals surface area contributed by atoms with Crippen LogP contribution in [0.2, 0.25) is 0 Å². The highest BCUT2D eigenvalue weighted by atomic mass is 16.5. The Morgan fingerprint density at radius 1 is 1.33 bits per heavy atom. The van der Waals surface area contributed by atoms with Crippen molar-refractivity contribution in [2.75, 3.05) is 37.7 Å². The Morgan fingerprint density at radius 2 is 2.05 bits per heavy atom. The summed E-state index contributed by atoms with van der Waals surface area (Å²) in [5, 5.41) is 0. The van der Waals surface area contributed by atoms with Crippen LogP contribution >= 0.6 is 0 Å². The van der Waals surface area contributed by atoms with E-state index in [-0.39, 0.29) is 25.0 Å². The van der Waals surface area contributed by atoms with Crippen LogP contribution in [0.5, 0.6) is 0 Å². The van der Waals surface area contributed by atoms with E-state index in [4.69, 9.17) is 11.3 Å². The molecule has 1 heterocycles. The number of hydrogen-bond acceptors (Lipinski definition) is 4. The second kappa shape index (κ2) is 6.86. The summed E-state index contributed by atoms with van der Waals surface area (Å²) in [7, 11) is 0. The number of anilines is 1. The molecule has 0 saturated carbocycles. The Morgan fingerprint density at radius 3 is 2.62 bits per heavy atom. The Labute approximate surface area is 123 Å². The molecule has 0 bridgehead atoms. The van der Waals surface area contributed by atoms with Gasteiger partial charge >= 0.3 is 5.97 Å². The molecule has 6 nitrogen and oxygen atoms in total. The van der Waals surface area contributed by atoms with Crippen LogP contribution in [-0.4, -0.2) is 49.6 Å². The first kappa shape index (κ1) is 15.0. The highest BCUT2D eigenvalue weighted by molar-refractivity contribution is 5.96. The first-order valence-electron chi connectivity index (χ1n) is 6.80. The van der Waals surface area contributed by atoms with Gasteiger partial charge in [0.15, 0.2) is 5.69 Å². The largest absolute Gasteiger partial charge is 0.465 e. The lowest BCUT2D eigenvalue weighted by Crippen LogP contribution is -2.51. The maximum atomic E-state index is 12.2. The molecule has 6 heteroatoms. The van der Waals surface area contributed by atoms with Crippen molar-refractivity contribution in [3.63, 3.8) is 0 Å². The number of rotatable bonds is 4. The molecule has 1 amide bonds. The molecule has 2 rings (SSSR count). The summed E-state index contributed by atoms with van der Waals surface area (Å²) < 4.78 is 4.88. The number of amides is 1. The van der Waals surface area contributed by atoms with Crippen LogP contribution in [0.4, 0.5) is 11.4 Å². The fourth-order valence-electron chi connectivity index (χ4n) is 2.23. The van der Waals surface area contributed by atoms with E-state index in [0.717, 1.165) is 5.69 Å². The lowest BCUT2D eigenvalue weighted by Gasteiger charge is -2.33. The van der Waals surface area contributed by atoms with E-state index < -0.39 is 0 Å². The maximum absolute atomic E-state index is 12.2. The third kappa shape index (κ3) is 3.80.